The maximum atomic E-state index is 14.7. The van der Waals surface area contributed by atoms with Crippen molar-refractivity contribution in [1.82, 2.24) is 30.2 Å². The van der Waals surface area contributed by atoms with Gasteiger partial charge < -0.3 is 119 Å². The molecule has 0 radical (unpaired) electrons. The van der Waals surface area contributed by atoms with E-state index < -0.39 is 171 Å². The van der Waals surface area contributed by atoms with Crippen molar-refractivity contribution in [3.05, 3.63) is 28.4 Å². The van der Waals surface area contributed by atoms with Crippen LogP contribution in [-0.2, 0) is 69.6 Å². The maximum absolute atomic E-state index is 14.7. The Kier molecular flexibility index (Phi) is 15.9. The number of carbonyl (C=O) groups is 3. The zero-order valence-electron chi connectivity index (χ0n) is 41.4. The molecule has 9 heterocycles. The molecule has 3 aromatic heterocycles. The molecule has 6 aliphatic heterocycles. The zero-order valence-corrected chi connectivity index (χ0v) is 43.9. The van der Waals surface area contributed by atoms with Gasteiger partial charge in [0.15, 0.2) is 36.1 Å². The number of nitrogen functional groups attached to an aromatic ring is 1. The van der Waals surface area contributed by atoms with Gasteiger partial charge in [0.25, 0.3) is 6.01 Å². The van der Waals surface area contributed by atoms with E-state index in [9.17, 15) is 70.0 Å². The monoisotopic (exact) mass is 1170 g/mol. The number of aliphatic carboxylic acids is 1. The van der Waals surface area contributed by atoms with Gasteiger partial charge in [-0.1, -0.05) is 0 Å². The van der Waals surface area contributed by atoms with E-state index in [1.165, 1.54) is 35.8 Å². The molecule has 5 saturated heterocycles. The fourth-order valence-corrected chi connectivity index (χ4v) is 15.7. The molecule has 4 unspecified atom stereocenters. The number of nitrogens with two attached hydrogens (primary N) is 1. The van der Waals surface area contributed by atoms with Crippen molar-refractivity contribution in [3.63, 3.8) is 0 Å². The molecular formula is C44H60N7O24PS2. The number of fused-ring (bicyclic) bond motifs is 2. The lowest BCUT2D eigenvalue weighted by Crippen LogP contribution is -2.70. The minimum absolute atomic E-state index is 0.0155. The summed E-state index contributed by atoms with van der Waals surface area (Å²) >= 11 is 6.47. The first kappa shape index (κ1) is 57.2. The first-order chi connectivity index (χ1) is 36.9. The van der Waals surface area contributed by atoms with Crippen LogP contribution in [0, 0.1) is 4.71 Å². The largest absolute Gasteiger partial charge is 0.479 e. The molecule has 78 heavy (non-hydrogen) atoms. The Morgan fingerprint density at radius 2 is 1.79 bits per heavy atom. The summed E-state index contributed by atoms with van der Waals surface area (Å²) in [6.07, 6.45) is -21.3. The number of imidazole rings is 1. The number of anilines is 1. The van der Waals surface area contributed by atoms with Crippen molar-refractivity contribution in [1.29, 1.82) is 0 Å². The Bertz CT molecular complexity index is 2850. The number of H-pyrrole nitrogens is 1. The summed E-state index contributed by atoms with van der Waals surface area (Å²) in [6.45, 7) is 0.0839. The van der Waals surface area contributed by atoms with Gasteiger partial charge in [0, 0.05) is 23.7 Å². The number of aromatic nitrogens is 4. The lowest BCUT2D eigenvalue weighted by atomic mass is 9.70. The minimum Gasteiger partial charge on any atom is -0.479 e. The third-order valence-electron chi connectivity index (χ3n) is 15.5. The number of methoxy groups -OCH3 is 1. The number of carboxylic acids is 1. The van der Waals surface area contributed by atoms with E-state index in [1.54, 1.807) is 0 Å². The van der Waals surface area contributed by atoms with E-state index in [1.807, 2.05) is 0 Å². The van der Waals surface area contributed by atoms with E-state index in [2.05, 4.69) is 25.6 Å². The Morgan fingerprint density at radius 3 is 2.49 bits per heavy atom. The van der Waals surface area contributed by atoms with Crippen LogP contribution in [0.5, 0.6) is 5.88 Å². The highest BCUT2D eigenvalue weighted by Gasteiger charge is 2.70. The number of carbonyl (C=O) groups excluding carboxylic acids is 2. The van der Waals surface area contributed by atoms with Crippen molar-refractivity contribution >= 4 is 66.6 Å². The summed E-state index contributed by atoms with van der Waals surface area (Å²) in [7, 11) is -3.07. The molecule has 19 atom stereocenters. The van der Waals surface area contributed by atoms with Crippen LogP contribution >= 0.6 is 31.6 Å². The third kappa shape index (κ3) is 10.0. The summed E-state index contributed by atoms with van der Waals surface area (Å²) in [5, 5.41) is 115. The summed E-state index contributed by atoms with van der Waals surface area (Å²) < 4.78 is 72.2. The topological polar surface area (TPSA) is 463 Å². The quantitative estimate of drug-likeness (QED) is 0.0400. The molecule has 1 aliphatic carbocycles. The second kappa shape index (κ2) is 21.7. The van der Waals surface area contributed by atoms with Crippen molar-refractivity contribution in [2.24, 2.45) is 0 Å². The van der Waals surface area contributed by atoms with Crippen molar-refractivity contribution in [3.8, 4) is 5.88 Å². The third-order valence-corrected chi connectivity index (χ3v) is 20.0. The zero-order chi connectivity index (χ0) is 56.0. The molecule has 31 nitrogen and oxygen atoms in total. The number of aliphatic hydroxyl groups is 9. The van der Waals surface area contributed by atoms with Crippen molar-refractivity contribution in [2.45, 2.75) is 178 Å². The number of rotatable bonds is 15. The van der Waals surface area contributed by atoms with Gasteiger partial charge in [-0.2, -0.15) is 4.98 Å². The van der Waals surface area contributed by atoms with Crippen LogP contribution in [0.1, 0.15) is 61.9 Å². The number of nitrogens with zero attached hydrogens (tertiary/aromatic N) is 3. The first-order valence-corrected chi connectivity index (χ1v) is 27.7. The van der Waals surface area contributed by atoms with Crippen LogP contribution in [0.4, 0.5) is 6.01 Å². The highest BCUT2D eigenvalue weighted by atomic mass is 32.2. The van der Waals surface area contributed by atoms with Crippen molar-refractivity contribution in [2.75, 3.05) is 26.0 Å². The lowest BCUT2D eigenvalue weighted by Gasteiger charge is -2.52. The molecule has 1 saturated carbocycles. The Balaban J connectivity index is 0.856. The van der Waals surface area contributed by atoms with Gasteiger partial charge in [-0.25, -0.2) is 14.6 Å². The molecule has 3 aromatic rings. The molecule has 0 aromatic carbocycles. The summed E-state index contributed by atoms with van der Waals surface area (Å²) in [4.78, 5) is 50.6. The van der Waals surface area contributed by atoms with Gasteiger partial charge in [-0.05, 0) is 51.4 Å². The number of thioether (sulfide) groups is 1. The standard InChI is InChI=1S/C44H60N7O24PS2/c1-42(64)31(59)35(51-14-48-24-32(51)50-41(45)73-39(24)77)78-43(42)7-16(8-43)76(65)67-12-15-10-47-34(17(15)13-68-76)75-44(40(63)66-2)9-20(54)23(49-33(60)18-4-3-5-46-18)29(74-44)26(56)21(11-52)69-37-27(57)28(58)38(72-37)71-22-6-19(53)25(55)30(70-22)36(61)62/h10,14,16,18-23,25-31,35,37-38,46-47,52-59,64H,3-9,11-13H2,1-2H3,(H2,45,50)(H,49,60)(H,61,62)/t16?,18-,19+,20+,21-,22+,23-,25-,26-,27+,28-,29-,30-,31?,35?,37-,38-,42?,43?,44-,76?/m1/s1. The van der Waals surface area contributed by atoms with Gasteiger partial charge in [0.2, 0.25) is 16.5 Å². The van der Waals surface area contributed by atoms with Gasteiger partial charge in [0.1, 0.15) is 53.7 Å². The number of hydrogen-bond acceptors (Lipinski definition) is 29. The number of ether oxygens (including phenoxy) is 7. The van der Waals surface area contributed by atoms with Gasteiger partial charge in [-0.15, -0.1) is 11.8 Å². The molecule has 1 spiro atoms. The van der Waals surface area contributed by atoms with Gasteiger partial charge in [0.05, 0.1) is 74.4 Å². The Morgan fingerprint density at radius 1 is 1.06 bits per heavy atom. The molecule has 34 heteroatoms. The number of aromatic amines is 1. The van der Waals surface area contributed by atoms with E-state index in [0.29, 0.717) is 24.9 Å². The van der Waals surface area contributed by atoms with E-state index in [-0.39, 0.29) is 52.8 Å². The first-order valence-electron chi connectivity index (χ1n) is 24.8. The van der Waals surface area contributed by atoms with E-state index in [4.69, 9.17) is 64.6 Å². The van der Waals surface area contributed by atoms with Crippen LogP contribution in [0.25, 0.3) is 11.2 Å². The second-order valence-electron chi connectivity index (χ2n) is 20.4. The fourth-order valence-electron chi connectivity index (χ4n) is 11.0. The second-order valence-corrected chi connectivity index (χ2v) is 24.6. The molecule has 0 bridgehead atoms. The summed E-state index contributed by atoms with van der Waals surface area (Å²) in [5.41, 5.74) is 4.28. The number of amides is 1. The number of nitrogens with one attached hydrogen (secondary N) is 3. The molecule has 6 fully saturated rings. The van der Waals surface area contributed by atoms with Crippen LogP contribution in [-0.4, -0.2) is 222 Å². The molecule has 1 amide bonds. The molecule has 432 valence electrons. The predicted molar refractivity (Wildman–Crippen MR) is 259 cm³/mol. The Labute approximate surface area is 450 Å². The normalized spacial score (nSPS) is 41.4. The van der Waals surface area contributed by atoms with Crippen molar-refractivity contribution < 1.29 is 117 Å². The average molecular weight is 1170 g/mol. The number of esters is 1. The number of aliphatic hydroxyl groups excluding tert-OH is 8. The number of hydrogen-bond donors (Lipinski definition) is 14. The molecule has 15 N–H and O–H groups in total. The highest BCUT2D eigenvalue weighted by molar-refractivity contribution is 8.01. The van der Waals surface area contributed by atoms with Crippen LogP contribution in [0.3, 0.4) is 0 Å². The van der Waals surface area contributed by atoms with E-state index in [0.717, 1.165) is 7.11 Å². The predicted octanol–water partition coefficient (Wildman–Crippen LogP) is -3.42. The average Bonchev–Trinajstić information content (AvgIpc) is 4.39. The fraction of sp³-hybridized carbons (Fsp3) is 0.727. The van der Waals surface area contributed by atoms with Crippen LogP contribution in [0.15, 0.2) is 16.9 Å². The molecular weight excluding hydrogens is 1110 g/mol. The van der Waals surface area contributed by atoms with Gasteiger partial charge in [-0.3, -0.25) is 13.9 Å². The van der Waals surface area contributed by atoms with Gasteiger partial charge >= 0.3 is 25.3 Å². The summed E-state index contributed by atoms with van der Waals surface area (Å²) in [6, 6.07) is -2.55. The molecule has 10 rings (SSSR count). The maximum Gasteiger partial charge on any atom is 0.379 e. The highest BCUT2D eigenvalue weighted by Crippen LogP contribution is 2.73. The molecule has 7 aliphatic rings. The van der Waals surface area contributed by atoms with Crippen LogP contribution < -0.4 is 21.1 Å². The SMILES string of the molecule is COC(=O)[C@]1(Oc2[nH]cc3c2COP(=O)(C2CC4(C2)SC(n2cnc5c(=S)oc(N)nc52)C(O)C4(C)O)OC3)C[C@H](O)[C@@H](NC(=O)[C@H]2CCCN2)[C@H]([C@H](O)[C@@H](CO)O[C@@H]2O[C@@H](O[C@H]3C[C@H](O)[C@@H](O)[C@H](C(=O)O)O3)[C@H](O)[C@@H]2O)O1. The summed E-state index contributed by atoms with van der Waals surface area (Å²) in [5.74, 6) is -6.46. The van der Waals surface area contributed by atoms with Crippen LogP contribution in [0.2, 0.25) is 0 Å². The lowest BCUT2D eigenvalue weighted by molar-refractivity contribution is -0.324. The minimum atomic E-state index is -4.05. The Hall–Kier alpha value is -4.04. The smallest absolute Gasteiger partial charge is 0.379 e. The number of carboxylic acid groups (broad SMARTS) is 1. The van der Waals surface area contributed by atoms with E-state index >= 15 is 0 Å².